The molecule has 0 atom stereocenters. The number of para-hydroxylation sites is 1. The quantitative estimate of drug-likeness (QED) is 0.815. The summed E-state index contributed by atoms with van der Waals surface area (Å²) in [6.45, 7) is 10.3. The highest BCUT2D eigenvalue weighted by atomic mass is 16.5. The average molecular weight is 357 g/mol. The largest absolute Gasteiger partial charge is 0.494 e. The van der Waals surface area contributed by atoms with Crippen LogP contribution in [0.5, 0.6) is 5.75 Å². The van der Waals surface area contributed by atoms with E-state index in [2.05, 4.69) is 41.2 Å². The number of methoxy groups -OCH3 is 1. The van der Waals surface area contributed by atoms with Gasteiger partial charge in [0.2, 0.25) is 0 Å². The molecule has 3 rings (SSSR count). The number of rotatable bonds is 7. The molecule has 0 unspecified atom stereocenters. The minimum Gasteiger partial charge on any atom is -0.494 e. The molecule has 0 saturated carbocycles. The Morgan fingerprint density at radius 2 is 2.04 bits per heavy atom. The third-order valence-corrected chi connectivity index (χ3v) is 4.96. The van der Waals surface area contributed by atoms with Gasteiger partial charge in [0.05, 0.1) is 19.8 Å². The van der Waals surface area contributed by atoms with Gasteiger partial charge < -0.3 is 19.7 Å². The van der Waals surface area contributed by atoms with E-state index in [-0.39, 0.29) is 0 Å². The molecule has 1 fully saturated rings. The van der Waals surface area contributed by atoms with Crippen molar-refractivity contribution < 1.29 is 9.47 Å². The van der Waals surface area contributed by atoms with Crippen LogP contribution in [0.4, 0.5) is 5.69 Å². The Labute approximate surface area is 156 Å². The minimum atomic E-state index is 0.314. The Balaban J connectivity index is 1.63. The topological polar surface area (TPSA) is 46.6 Å². The summed E-state index contributed by atoms with van der Waals surface area (Å²) in [5.41, 5.74) is 3.10. The van der Waals surface area contributed by atoms with Gasteiger partial charge in [-0.25, -0.2) is 4.98 Å². The van der Waals surface area contributed by atoms with Crippen LogP contribution in [-0.4, -0.2) is 55.4 Å². The van der Waals surface area contributed by atoms with Crippen LogP contribution < -0.4 is 10.1 Å². The Morgan fingerprint density at radius 1 is 1.27 bits per heavy atom. The minimum absolute atomic E-state index is 0.314. The molecule has 2 aromatic rings. The van der Waals surface area contributed by atoms with Gasteiger partial charge in [0.1, 0.15) is 11.3 Å². The fraction of sp³-hybridized carbons (Fsp3) is 0.571. The summed E-state index contributed by atoms with van der Waals surface area (Å²) in [6, 6.07) is 8.75. The number of aryl methyl sites for hydroxylation is 1. The predicted molar refractivity (Wildman–Crippen MR) is 107 cm³/mol. The third-order valence-electron chi connectivity index (χ3n) is 4.96. The summed E-state index contributed by atoms with van der Waals surface area (Å²) in [6.07, 6.45) is 2.61. The lowest BCUT2D eigenvalue weighted by Crippen LogP contribution is -2.40. The predicted octanol–water partition coefficient (Wildman–Crippen LogP) is 3.85. The summed E-state index contributed by atoms with van der Waals surface area (Å²) in [5.74, 6) is 0.828. The van der Waals surface area contributed by atoms with Crippen molar-refractivity contribution >= 4 is 16.6 Å². The van der Waals surface area contributed by atoms with Gasteiger partial charge in [0.25, 0.3) is 0 Å². The SMILES string of the molecule is COc1cccc2c(NC3CCN(CCOC(C)C)CC3)cc(C)nc12. The van der Waals surface area contributed by atoms with Crippen LogP contribution in [0, 0.1) is 6.92 Å². The molecule has 26 heavy (non-hydrogen) atoms. The van der Waals surface area contributed by atoms with E-state index in [0.29, 0.717) is 12.1 Å². The number of likely N-dealkylation sites (tertiary alicyclic amines) is 1. The third kappa shape index (κ3) is 4.65. The highest BCUT2D eigenvalue weighted by molar-refractivity contribution is 5.95. The maximum Gasteiger partial charge on any atom is 0.145 e. The molecule has 0 aliphatic carbocycles. The Hall–Kier alpha value is -1.85. The van der Waals surface area contributed by atoms with Crippen LogP contribution in [-0.2, 0) is 4.74 Å². The number of hydrogen-bond acceptors (Lipinski definition) is 5. The number of hydrogen-bond donors (Lipinski definition) is 1. The maximum atomic E-state index is 5.67. The van der Waals surface area contributed by atoms with Crippen LogP contribution in [0.2, 0.25) is 0 Å². The first-order chi connectivity index (χ1) is 12.6. The Bertz CT molecular complexity index is 725. The fourth-order valence-electron chi connectivity index (χ4n) is 3.57. The summed E-state index contributed by atoms with van der Waals surface area (Å²) in [4.78, 5) is 7.17. The highest BCUT2D eigenvalue weighted by Crippen LogP contribution is 2.31. The first-order valence-corrected chi connectivity index (χ1v) is 9.61. The van der Waals surface area contributed by atoms with E-state index in [0.717, 1.165) is 67.1 Å². The molecule has 2 heterocycles. The molecule has 1 N–H and O–H groups in total. The van der Waals surface area contributed by atoms with E-state index in [1.54, 1.807) is 7.11 Å². The molecular weight excluding hydrogens is 326 g/mol. The normalized spacial score (nSPS) is 16.3. The summed E-state index contributed by atoms with van der Waals surface area (Å²) in [5, 5.41) is 4.88. The Kier molecular flexibility index (Phi) is 6.33. The molecule has 1 saturated heterocycles. The second-order valence-electron chi connectivity index (χ2n) is 7.35. The van der Waals surface area contributed by atoms with Crippen LogP contribution in [0.3, 0.4) is 0 Å². The van der Waals surface area contributed by atoms with Gasteiger partial charge >= 0.3 is 0 Å². The molecule has 0 amide bonds. The van der Waals surface area contributed by atoms with E-state index in [4.69, 9.17) is 9.47 Å². The van der Waals surface area contributed by atoms with Crippen molar-refractivity contribution in [3.8, 4) is 5.75 Å². The first kappa shape index (κ1) is 18.9. The van der Waals surface area contributed by atoms with E-state index < -0.39 is 0 Å². The number of nitrogens with one attached hydrogen (secondary N) is 1. The highest BCUT2D eigenvalue weighted by Gasteiger charge is 2.20. The summed E-state index contributed by atoms with van der Waals surface area (Å²) < 4.78 is 11.2. The summed E-state index contributed by atoms with van der Waals surface area (Å²) in [7, 11) is 1.70. The zero-order valence-electron chi connectivity index (χ0n) is 16.4. The van der Waals surface area contributed by atoms with Crippen molar-refractivity contribution in [2.45, 2.75) is 45.8 Å². The zero-order valence-corrected chi connectivity index (χ0v) is 16.4. The molecule has 0 radical (unpaired) electrons. The second-order valence-corrected chi connectivity index (χ2v) is 7.35. The lowest BCUT2D eigenvalue weighted by molar-refractivity contribution is 0.0543. The average Bonchev–Trinajstić information content (AvgIpc) is 2.62. The van der Waals surface area contributed by atoms with Gasteiger partial charge in [-0.1, -0.05) is 12.1 Å². The number of benzene rings is 1. The van der Waals surface area contributed by atoms with Gasteiger partial charge in [-0.05, 0) is 45.7 Å². The van der Waals surface area contributed by atoms with Gasteiger partial charge in [0, 0.05) is 42.4 Å². The number of pyridine rings is 1. The summed E-state index contributed by atoms with van der Waals surface area (Å²) >= 11 is 0. The van der Waals surface area contributed by atoms with Crippen molar-refractivity contribution in [2.24, 2.45) is 0 Å². The molecule has 5 nitrogen and oxygen atoms in total. The van der Waals surface area contributed by atoms with E-state index >= 15 is 0 Å². The van der Waals surface area contributed by atoms with E-state index in [9.17, 15) is 0 Å². The molecule has 0 spiro atoms. The lowest BCUT2D eigenvalue weighted by atomic mass is 10.0. The maximum absolute atomic E-state index is 5.67. The smallest absolute Gasteiger partial charge is 0.145 e. The molecule has 0 bridgehead atoms. The van der Waals surface area contributed by atoms with Crippen molar-refractivity contribution in [2.75, 3.05) is 38.7 Å². The van der Waals surface area contributed by atoms with Crippen LogP contribution >= 0.6 is 0 Å². The molecule has 5 heteroatoms. The van der Waals surface area contributed by atoms with Crippen molar-refractivity contribution in [3.05, 3.63) is 30.0 Å². The fourth-order valence-corrected chi connectivity index (χ4v) is 3.57. The standard InChI is InChI=1S/C21H31N3O2/c1-15(2)26-13-12-24-10-8-17(9-11-24)23-19-14-16(3)22-21-18(19)6-5-7-20(21)25-4/h5-7,14-15,17H,8-13H2,1-4H3,(H,22,23). The number of fused-ring (bicyclic) bond motifs is 1. The molecule has 1 aliphatic rings. The number of ether oxygens (including phenoxy) is 2. The van der Waals surface area contributed by atoms with E-state index in [1.165, 1.54) is 0 Å². The lowest BCUT2D eigenvalue weighted by Gasteiger charge is -2.33. The van der Waals surface area contributed by atoms with Crippen molar-refractivity contribution in [1.82, 2.24) is 9.88 Å². The molecule has 1 aliphatic heterocycles. The number of piperidine rings is 1. The molecule has 1 aromatic carbocycles. The van der Waals surface area contributed by atoms with Crippen molar-refractivity contribution in [1.29, 1.82) is 0 Å². The second kappa shape index (κ2) is 8.69. The van der Waals surface area contributed by atoms with Gasteiger partial charge in [-0.2, -0.15) is 0 Å². The molecule has 1 aromatic heterocycles. The van der Waals surface area contributed by atoms with Crippen molar-refractivity contribution in [3.63, 3.8) is 0 Å². The van der Waals surface area contributed by atoms with Crippen LogP contribution in [0.1, 0.15) is 32.4 Å². The van der Waals surface area contributed by atoms with E-state index in [1.807, 2.05) is 19.1 Å². The van der Waals surface area contributed by atoms with Gasteiger partial charge in [0.15, 0.2) is 0 Å². The Morgan fingerprint density at radius 3 is 2.73 bits per heavy atom. The van der Waals surface area contributed by atoms with Gasteiger partial charge in [-0.3, -0.25) is 0 Å². The first-order valence-electron chi connectivity index (χ1n) is 9.61. The molecule has 142 valence electrons. The van der Waals surface area contributed by atoms with Crippen LogP contribution in [0.25, 0.3) is 10.9 Å². The monoisotopic (exact) mass is 357 g/mol. The van der Waals surface area contributed by atoms with Gasteiger partial charge in [-0.15, -0.1) is 0 Å². The number of aromatic nitrogens is 1. The van der Waals surface area contributed by atoms with Crippen LogP contribution in [0.15, 0.2) is 24.3 Å². The molecular formula is C21H31N3O2. The number of anilines is 1. The zero-order chi connectivity index (χ0) is 18.5. The number of nitrogens with zero attached hydrogens (tertiary/aromatic N) is 2.